The summed E-state index contributed by atoms with van der Waals surface area (Å²) in [5.41, 5.74) is 6.11. The zero-order chi connectivity index (χ0) is 24.8. The lowest BCUT2D eigenvalue weighted by atomic mass is 9.98. The first-order chi connectivity index (χ1) is 17.5. The van der Waals surface area contributed by atoms with Gasteiger partial charge >= 0.3 is 0 Å². The van der Waals surface area contributed by atoms with Gasteiger partial charge in [-0.3, -0.25) is 9.36 Å². The molecular weight excluding hydrogens is 446 g/mol. The molecule has 2 fully saturated rings. The molecule has 0 radical (unpaired) electrons. The summed E-state index contributed by atoms with van der Waals surface area (Å²) >= 11 is 0. The molecule has 2 heterocycles. The molecule has 3 aromatic carbocycles. The Hall–Kier alpha value is -3.88. The average Bonchev–Trinajstić information content (AvgIpc) is 3.74. The monoisotopic (exact) mass is 475 g/mol. The van der Waals surface area contributed by atoms with Crippen molar-refractivity contribution >= 4 is 16.5 Å². The number of hydrogen-bond acceptors (Lipinski definition) is 4. The number of ether oxygens (including phenoxy) is 1. The van der Waals surface area contributed by atoms with E-state index < -0.39 is 0 Å². The summed E-state index contributed by atoms with van der Waals surface area (Å²) in [6.45, 7) is 6.04. The molecule has 0 spiro atoms. The van der Waals surface area contributed by atoms with Crippen LogP contribution in [0.15, 0.2) is 77.7 Å². The standard InChI is InChI=1S/C31H29N3O2/c1-20-18-33(19-21(2)36-20)30-13-12-25(16-29(30)24-10-11-24)34-15-14-27-26(4-3-5-28(27)31(34)35)23-8-6-22(17-32)7-9-23/h3-9,12-16,20-21,24H,10-11,18-19H2,1-2H3. The third kappa shape index (κ3) is 4.08. The lowest BCUT2D eigenvalue weighted by Crippen LogP contribution is -2.45. The average molecular weight is 476 g/mol. The maximum atomic E-state index is 13.7. The lowest BCUT2D eigenvalue weighted by Gasteiger charge is -2.38. The number of anilines is 1. The van der Waals surface area contributed by atoms with Gasteiger partial charge in [-0.05, 0) is 97.1 Å². The van der Waals surface area contributed by atoms with Crippen molar-refractivity contribution < 1.29 is 4.74 Å². The van der Waals surface area contributed by atoms with Crippen molar-refractivity contribution in [1.29, 1.82) is 5.26 Å². The number of rotatable bonds is 4. The molecule has 0 bridgehead atoms. The zero-order valence-corrected chi connectivity index (χ0v) is 20.6. The highest BCUT2D eigenvalue weighted by molar-refractivity contribution is 5.96. The first kappa shape index (κ1) is 22.6. The molecule has 5 nitrogen and oxygen atoms in total. The Morgan fingerprint density at radius 3 is 2.36 bits per heavy atom. The highest BCUT2D eigenvalue weighted by Crippen LogP contribution is 2.45. The molecule has 4 aromatic rings. The van der Waals surface area contributed by atoms with E-state index in [-0.39, 0.29) is 17.8 Å². The van der Waals surface area contributed by atoms with Gasteiger partial charge in [-0.15, -0.1) is 0 Å². The van der Waals surface area contributed by atoms with E-state index in [1.165, 1.54) is 24.1 Å². The summed E-state index contributed by atoms with van der Waals surface area (Å²) in [7, 11) is 0. The summed E-state index contributed by atoms with van der Waals surface area (Å²) in [4.78, 5) is 16.1. The molecule has 2 atom stereocenters. The van der Waals surface area contributed by atoms with Crippen molar-refractivity contribution in [2.24, 2.45) is 0 Å². The summed E-state index contributed by atoms with van der Waals surface area (Å²) in [6, 6.07) is 24.0. The van der Waals surface area contributed by atoms with E-state index in [2.05, 4.69) is 43.0 Å². The molecule has 0 amide bonds. The van der Waals surface area contributed by atoms with Crippen LogP contribution in [0.2, 0.25) is 0 Å². The third-order valence-corrected chi connectivity index (χ3v) is 7.34. The van der Waals surface area contributed by atoms with Crippen molar-refractivity contribution in [2.45, 2.75) is 44.8 Å². The molecule has 6 rings (SSSR count). The Morgan fingerprint density at radius 1 is 0.917 bits per heavy atom. The Morgan fingerprint density at radius 2 is 1.67 bits per heavy atom. The second-order valence-electron chi connectivity index (χ2n) is 10.1. The van der Waals surface area contributed by atoms with E-state index in [4.69, 9.17) is 10.00 Å². The fourth-order valence-electron chi connectivity index (χ4n) is 5.53. The first-order valence-electron chi connectivity index (χ1n) is 12.7. The topological polar surface area (TPSA) is 58.3 Å². The third-order valence-electron chi connectivity index (χ3n) is 7.34. The van der Waals surface area contributed by atoms with Gasteiger partial charge in [-0.25, -0.2) is 0 Å². The van der Waals surface area contributed by atoms with E-state index in [1.54, 1.807) is 4.57 Å². The van der Waals surface area contributed by atoms with Crippen LogP contribution in [0.1, 0.15) is 43.7 Å². The Balaban J connectivity index is 1.41. The van der Waals surface area contributed by atoms with Crippen LogP contribution < -0.4 is 10.5 Å². The van der Waals surface area contributed by atoms with E-state index in [1.807, 2.05) is 54.7 Å². The minimum Gasteiger partial charge on any atom is -0.372 e. The molecular formula is C31H29N3O2. The van der Waals surface area contributed by atoms with Crippen molar-refractivity contribution in [1.82, 2.24) is 4.57 Å². The van der Waals surface area contributed by atoms with Crippen LogP contribution in [0.5, 0.6) is 0 Å². The molecule has 2 aliphatic rings. The van der Waals surface area contributed by atoms with Crippen LogP contribution >= 0.6 is 0 Å². The largest absolute Gasteiger partial charge is 0.372 e. The van der Waals surface area contributed by atoms with Crippen LogP contribution in [0.4, 0.5) is 5.69 Å². The molecule has 0 N–H and O–H groups in total. The molecule has 2 unspecified atom stereocenters. The number of morpholine rings is 1. The quantitative estimate of drug-likeness (QED) is 0.362. The van der Waals surface area contributed by atoms with Gasteiger partial charge in [-0.1, -0.05) is 24.3 Å². The molecule has 1 aliphatic carbocycles. The number of nitrogens with zero attached hydrogens (tertiary/aromatic N) is 3. The fourth-order valence-corrected chi connectivity index (χ4v) is 5.53. The molecule has 36 heavy (non-hydrogen) atoms. The summed E-state index contributed by atoms with van der Waals surface area (Å²) in [5, 5.41) is 10.7. The Labute approximate surface area is 211 Å². The van der Waals surface area contributed by atoms with Gasteiger partial charge in [0.1, 0.15) is 0 Å². The van der Waals surface area contributed by atoms with Gasteiger partial charge < -0.3 is 9.64 Å². The first-order valence-corrected chi connectivity index (χ1v) is 12.7. The minimum atomic E-state index is -0.0221. The summed E-state index contributed by atoms with van der Waals surface area (Å²) < 4.78 is 7.72. The number of pyridine rings is 1. The predicted octanol–water partition coefficient (Wildman–Crippen LogP) is 6.02. The highest BCUT2D eigenvalue weighted by atomic mass is 16.5. The second kappa shape index (κ2) is 8.96. The molecule has 180 valence electrons. The molecule has 1 aromatic heterocycles. The van der Waals surface area contributed by atoms with E-state index in [9.17, 15) is 4.79 Å². The normalized spacial score (nSPS) is 19.9. The van der Waals surface area contributed by atoms with Gasteiger partial charge in [0, 0.05) is 36.0 Å². The van der Waals surface area contributed by atoms with E-state index >= 15 is 0 Å². The number of fused-ring (bicyclic) bond motifs is 1. The Bertz CT molecular complexity index is 1530. The number of nitriles is 1. The van der Waals surface area contributed by atoms with E-state index in [0.29, 0.717) is 16.9 Å². The van der Waals surface area contributed by atoms with Crippen LogP contribution in [0, 0.1) is 11.3 Å². The maximum absolute atomic E-state index is 13.7. The summed E-state index contributed by atoms with van der Waals surface area (Å²) in [6.07, 6.45) is 4.70. The SMILES string of the molecule is CC1CN(c2ccc(-n3ccc4c(-c5ccc(C#N)cc5)cccc4c3=O)cc2C2CC2)CC(C)O1. The van der Waals surface area contributed by atoms with Gasteiger partial charge in [0.2, 0.25) is 0 Å². The number of hydrogen-bond donors (Lipinski definition) is 0. The van der Waals surface area contributed by atoms with Crippen molar-refractivity contribution in [2.75, 3.05) is 18.0 Å². The molecule has 1 saturated heterocycles. The van der Waals surface area contributed by atoms with E-state index in [0.717, 1.165) is 35.3 Å². The van der Waals surface area contributed by atoms with Crippen molar-refractivity contribution in [3.63, 3.8) is 0 Å². The minimum absolute atomic E-state index is 0.0221. The zero-order valence-electron chi connectivity index (χ0n) is 20.6. The molecule has 1 saturated carbocycles. The predicted molar refractivity (Wildman–Crippen MR) is 144 cm³/mol. The summed E-state index contributed by atoms with van der Waals surface area (Å²) in [5.74, 6) is 0.563. The van der Waals surface area contributed by atoms with Crippen molar-refractivity contribution in [3.05, 3.63) is 94.4 Å². The molecule has 1 aliphatic heterocycles. The number of benzene rings is 3. The second-order valence-corrected chi connectivity index (χ2v) is 10.1. The van der Waals surface area contributed by atoms with Crippen LogP contribution in [-0.2, 0) is 4.74 Å². The highest BCUT2D eigenvalue weighted by Gasteiger charge is 2.31. The van der Waals surface area contributed by atoms with Gasteiger partial charge in [0.25, 0.3) is 5.56 Å². The van der Waals surface area contributed by atoms with Crippen LogP contribution in [-0.4, -0.2) is 29.9 Å². The van der Waals surface area contributed by atoms with Crippen LogP contribution in [0.3, 0.4) is 0 Å². The van der Waals surface area contributed by atoms with Gasteiger partial charge in [0.05, 0.1) is 23.8 Å². The lowest BCUT2D eigenvalue weighted by molar-refractivity contribution is -0.00526. The molecule has 5 heteroatoms. The van der Waals surface area contributed by atoms with Gasteiger partial charge in [0.15, 0.2) is 0 Å². The fraction of sp³-hybridized carbons (Fsp3) is 0.290. The van der Waals surface area contributed by atoms with Crippen LogP contribution in [0.25, 0.3) is 27.6 Å². The number of aromatic nitrogens is 1. The van der Waals surface area contributed by atoms with Crippen molar-refractivity contribution in [3.8, 4) is 22.9 Å². The Kier molecular flexibility index (Phi) is 5.62. The maximum Gasteiger partial charge on any atom is 0.262 e. The van der Waals surface area contributed by atoms with Gasteiger partial charge in [-0.2, -0.15) is 5.26 Å². The smallest absolute Gasteiger partial charge is 0.262 e.